The minimum atomic E-state index is -0.622. The van der Waals surface area contributed by atoms with Gasteiger partial charge in [-0.25, -0.2) is 4.79 Å². The highest BCUT2D eigenvalue weighted by atomic mass is 35.5. The fraction of sp³-hybridized carbons (Fsp3) is 0.300. The standard InChI is InChI=1S/C20H20ClNO7/c1-25-15-9-12(20(24)27-3)14(10-16(15)26-2)22-18(23)8-11-6-13(21)19-17(7-11)28-4-5-29-19/h6-7,9-10H,4-5,8H2,1-3H3,(H,22,23). The number of methoxy groups -OCH3 is 3. The maximum absolute atomic E-state index is 12.6. The fourth-order valence-electron chi connectivity index (χ4n) is 2.91. The van der Waals surface area contributed by atoms with Gasteiger partial charge in [-0.1, -0.05) is 11.6 Å². The van der Waals surface area contributed by atoms with Crippen LogP contribution in [-0.4, -0.2) is 46.4 Å². The summed E-state index contributed by atoms with van der Waals surface area (Å²) >= 11 is 6.22. The van der Waals surface area contributed by atoms with Gasteiger partial charge in [0.15, 0.2) is 23.0 Å². The third-order valence-corrected chi connectivity index (χ3v) is 4.51. The van der Waals surface area contributed by atoms with E-state index in [9.17, 15) is 9.59 Å². The van der Waals surface area contributed by atoms with E-state index in [0.717, 1.165) is 0 Å². The molecule has 0 aliphatic carbocycles. The molecule has 9 heteroatoms. The molecule has 2 aromatic carbocycles. The number of nitrogens with one attached hydrogen (secondary N) is 1. The Morgan fingerprint density at radius 2 is 1.72 bits per heavy atom. The molecule has 0 aromatic heterocycles. The van der Waals surface area contributed by atoms with Crippen LogP contribution in [0.1, 0.15) is 15.9 Å². The third-order valence-electron chi connectivity index (χ3n) is 4.22. The normalized spacial score (nSPS) is 12.1. The van der Waals surface area contributed by atoms with Gasteiger partial charge in [0.25, 0.3) is 0 Å². The lowest BCUT2D eigenvalue weighted by molar-refractivity contribution is -0.115. The average Bonchev–Trinajstić information content (AvgIpc) is 2.72. The highest BCUT2D eigenvalue weighted by Crippen LogP contribution is 2.38. The molecule has 154 valence electrons. The monoisotopic (exact) mass is 421 g/mol. The number of hydrogen-bond donors (Lipinski definition) is 1. The van der Waals surface area contributed by atoms with Crippen LogP contribution in [0, 0.1) is 0 Å². The zero-order valence-electron chi connectivity index (χ0n) is 16.2. The molecule has 0 saturated heterocycles. The molecule has 1 heterocycles. The lowest BCUT2D eigenvalue weighted by Crippen LogP contribution is -2.19. The van der Waals surface area contributed by atoms with Crippen molar-refractivity contribution in [2.24, 2.45) is 0 Å². The number of esters is 1. The first-order valence-electron chi connectivity index (χ1n) is 8.69. The SMILES string of the molecule is COC(=O)c1cc(OC)c(OC)cc1NC(=O)Cc1cc(Cl)c2c(c1)OCCO2. The summed E-state index contributed by atoms with van der Waals surface area (Å²) in [6.45, 7) is 0.829. The van der Waals surface area contributed by atoms with E-state index in [0.29, 0.717) is 46.8 Å². The molecule has 0 saturated carbocycles. The number of carbonyl (C=O) groups is 2. The van der Waals surface area contributed by atoms with Crippen molar-refractivity contribution in [1.82, 2.24) is 0 Å². The number of anilines is 1. The molecule has 1 N–H and O–H groups in total. The van der Waals surface area contributed by atoms with E-state index in [1.807, 2.05) is 0 Å². The first-order valence-corrected chi connectivity index (χ1v) is 9.06. The Hall–Kier alpha value is -3.13. The summed E-state index contributed by atoms with van der Waals surface area (Å²) in [4.78, 5) is 24.8. The smallest absolute Gasteiger partial charge is 0.340 e. The highest BCUT2D eigenvalue weighted by molar-refractivity contribution is 6.32. The van der Waals surface area contributed by atoms with Crippen LogP contribution in [0.15, 0.2) is 24.3 Å². The molecule has 0 spiro atoms. The predicted octanol–water partition coefficient (Wildman–Crippen LogP) is 3.10. The zero-order chi connectivity index (χ0) is 21.0. The number of carbonyl (C=O) groups excluding carboxylic acids is 2. The summed E-state index contributed by atoms with van der Waals surface area (Å²) in [6.07, 6.45) is 0.00528. The van der Waals surface area contributed by atoms with E-state index in [-0.39, 0.29) is 23.6 Å². The van der Waals surface area contributed by atoms with E-state index in [1.165, 1.54) is 33.5 Å². The summed E-state index contributed by atoms with van der Waals surface area (Å²) in [5.41, 5.74) is 1.01. The van der Waals surface area contributed by atoms with Crippen LogP contribution < -0.4 is 24.3 Å². The summed E-state index contributed by atoms with van der Waals surface area (Å²) < 4.78 is 26.3. The van der Waals surface area contributed by atoms with Gasteiger partial charge < -0.3 is 29.0 Å². The van der Waals surface area contributed by atoms with Crippen LogP contribution in [0.3, 0.4) is 0 Å². The molecule has 0 unspecified atom stereocenters. The van der Waals surface area contributed by atoms with Gasteiger partial charge in [-0.05, 0) is 17.7 Å². The number of hydrogen-bond acceptors (Lipinski definition) is 7. The third kappa shape index (κ3) is 4.48. The van der Waals surface area contributed by atoms with Crippen LogP contribution in [0.5, 0.6) is 23.0 Å². The van der Waals surface area contributed by atoms with Crippen LogP contribution in [0.25, 0.3) is 0 Å². The number of benzene rings is 2. The van der Waals surface area contributed by atoms with Crippen LogP contribution >= 0.6 is 11.6 Å². The van der Waals surface area contributed by atoms with Gasteiger partial charge in [-0.3, -0.25) is 4.79 Å². The van der Waals surface area contributed by atoms with E-state index in [2.05, 4.69) is 5.32 Å². The Morgan fingerprint density at radius 1 is 1.03 bits per heavy atom. The number of rotatable bonds is 6. The van der Waals surface area contributed by atoms with Gasteiger partial charge >= 0.3 is 5.97 Å². The van der Waals surface area contributed by atoms with Crippen molar-refractivity contribution in [3.63, 3.8) is 0 Å². The van der Waals surface area contributed by atoms with Crippen molar-refractivity contribution in [2.75, 3.05) is 39.9 Å². The topological polar surface area (TPSA) is 92.3 Å². The Bertz CT molecular complexity index is 945. The molecule has 0 radical (unpaired) electrons. The first kappa shape index (κ1) is 20.6. The molecule has 29 heavy (non-hydrogen) atoms. The summed E-state index contributed by atoms with van der Waals surface area (Å²) in [7, 11) is 4.16. The lowest BCUT2D eigenvalue weighted by Gasteiger charge is -2.20. The first-order chi connectivity index (χ1) is 14.0. The Labute approximate surface area is 172 Å². The van der Waals surface area contributed by atoms with Gasteiger partial charge in [0.2, 0.25) is 5.91 Å². The Morgan fingerprint density at radius 3 is 2.41 bits per heavy atom. The Kier molecular flexibility index (Phi) is 6.33. The highest BCUT2D eigenvalue weighted by Gasteiger charge is 2.21. The van der Waals surface area contributed by atoms with Crippen LogP contribution in [0.2, 0.25) is 5.02 Å². The molecule has 0 fully saturated rings. The predicted molar refractivity (Wildman–Crippen MR) is 106 cm³/mol. The second-order valence-corrected chi connectivity index (χ2v) is 6.48. The second kappa shape index (κ2) is 8.91. The van der Waals surface area contributed by atoms with Crippen molar-refractivity contribution < 1.29 is 33.3 Å². The van der Waals surface area contributed by atoms with E-state index in [4.69, 9.17) is 35.3 Å². The van der Waals surface area contributed by atoms with Crippen molar-refractivity contribution in [1.29, 1.82) is 0 Å². The zero-order valence-corrected chi connectivity index (χ0v) is 16.9. The molecule has 1 aliphatic rings. The average molecular weight is 422 g/mol. The molecule has 0 atom stereocenters. The molecule has 1 aliphatic heterocycles. The second-order valence-electron chi connectivity index (χ2n) is 6.07. The summed E-state index contributed by atoms with van der Waals surface area (Å²) in [6, 6.07) is 6.29. The maximum Gasteiger partial charge on any atom is 0.340 e. The lowest BCUT2D eigenvalue weighted by atomic mass is 10.1. The van der Waals surface area contributed by atoms with E-state index in [1.54, 1.807) is 12.1 Å². The van der Waals surface area contributed by atoms with Crippen molar-refractivity contribution in [3.8, 4) is 23.0 Å². The summed E-state index contributed by atoms with van der Waals surface area (Å²) in [5, 5.41) is 3.08. The van der Waals surface area contributed by atoms with Gasteiger partial charge in [0.05, 0.1) is 44.0 Å². The number of ether oxygens (including phenoxy) is 5. The van der Waals surface area contributed by atoms with Crippen molar-refractivity contribution in [2.45, 2.75) is 6.42 Å². The fourth-order valence-corrected chi connectivity index (χ4v) is 3.20. The van der Waals surface area contributed by atoms with Crippen LogP contribution in [-0.2, 0) is 16.0 Å². The van der Waals surface area contributed by atoms with Crippen LogP contribution in [0.4, 0.5) is 5.69 Å². The maximum atomic E-state index is 12.6. The van der Waals surface area contributed by atoms with Crippen molar-refractivity contribution >= 4 is 29.2 Å². The minimum absolute atomic E-state index is 0.00528. The molecular weight excluding hydrogens is 402 g/mol. The molecule has 8 nitrogen and oxygen atoms in total. The minimum Gasteiger partial charge on any atom is -0.493 e. The number of fused-ring (bicyclic) bond motifs is 1. The quantitative estimate of drug-likeness (QED) is 0.716. The molecular formula is C20H20ClNO7. The molecule has 1 amide bonds. The van der Waals surface area contributed by atoms with E-state index >= 15 is 0 Å². The van der Waals surface area contributed by atoms with E-state index < -0.39 is 5.97 Å². The van der Waals surface area contributed by atoms with Crippen molar-refractivity contribution in [3.05, 3.63) is 40.4 Å². The molecule has 2 aromatic rings. The Balaban J connectivity index is 1.85. The van der Waals surface area contributed by atoms with Gasteiger partial charge in [0.1, 0.15) is 13.2 Å². The van der Waals surface area contributed by atoms with Gasteiger partial charge in [-0.2, -0.15) is 0 Å². The van der Waals surface area contributed by atoms with Gasteiger partial charge in [0, 0.05) is 12.1 Å². The summed E-state index contributed by atoms with van der Waals surface area (Å²) in [5.74, 6) is 0.670. The largest absolute Gasteiger partial charge is 0.493 e. The molecule has 3 rings (SSSR count). The number of amides is 1. The van der Waals surface area contributed by atoms with Gasteiger partial charge in [-0.15, -0.1) is 0 Å². The molecule has 0 bridgehead atoms. The number of halogens is 1.